The first-order valence-corrected chi connectivity index (χ1v) is 8.79. The van der Waals surface area contributed by atoms with Crippen molar-refractivity contribution in [2.75, 3.05) is 0 Å². The highest BCUT2D eigenvalue weighted by molar-refractivity contribution is 5.84. The van der Waals surface area contributed by atoms with Crippen molar-refractivity contribution >= 4 is 22.9 Å². The second kappa shape index (κ2) is 8.34. The van der Waals surface area contributed by atoms with Gasteiger partial charge in [0.1, 0.15) is 6.54 Å². The van der Waals surface area contributed by atoms with E-state index in [1.807, 2.05) is 30.3 Å². The maximum absolute atomic E-state index is 13.3. The Morgan fingerprint density at radius 3 is 2.45 bits per heavy atom. The molecule has 0 saturated carbocycles. The smallest absolute Gasteiger partial charge is 0.449 e. The number of carbonyl (C=O) groups is 2. The number of hydrogen-bond acceptors (Lipinski definition) is 4. The molecule has 0 saturated heterocycles. The summed E-state index contributed by atoms with van der Waals surface area (Å²) in [6.45, 7) is 0.881. The van der Waals surface area contributed by atoms with Crippen LogP contribution in [0.15, 0.2) is 54.6 Å². The lowest BCUT2D eigenvalue weighted by Crippen LogP contribution is -2.36. The first-order valence-electron chi connectivity index (χ1n) is 8.79. The van der Waals surface area contributed by atoms with Gasteiger partial charge in [0.25, 0.3) is 5.91 Å². The molecule has 0 fully saturated rings. The standard InChI is InChI=1S/C20H18F3N3O3/c1-13(18(28)24-11-14-7-3-2-4-8-14)29-17(27)12-26-16-10-6-5-9-15(16)25-19(26)20(21,22)23/h2-10,13H,11-12H2,1H3,(H,24,28). The summed E-state index contributed by atoms with van der Waals surface area (Å²) >= 11 is 0. The lowest BCUT2D eigenvalue weighted by atomic mass is 10.2. The minimum Gasteiger partial charge on any atom is -0.451 e. The molecule has 0 aliphatic rings. The van der Waals surface area contributed by atoms with Crippen LogP contribution in [0.5, 0.6) is 0 Å². The molecule has 29 heavy (non-hydrogen) atoms. The van der Waals surface area contributed by atoms with Gasteiger partial charge in [0, 0.05) is 6.54 Å². The predicted molar refractivity (Wildman–Crippen MR) is 98.6 cm³/mol. The summed E-state index contributed by atoms with van der Waals surface area (Å²) in [7, 11) is 0. The minimum absolute atomic E-state index is 0.112. The van der Waals surface area contributed by atoms with Crippen molar-refractivity contribution in [2.24, 2.45) is 0 Å². The van der Waals surface area contributed by atoms with Gasteiger partial charge in [-0.25, -0.2) is 4.98 Å². The maximum Gasteiger partial charge on any atom is 0.449 e. The highest BCUT2D eigenvalue weighted by Gasteiger charge is 2.38. The number of hydrogen-bond donors (Lipinski definition) is 1. The molecular formula is C20H18F3N3O3. The first kappa shape index (κ1) is 20.4. The third-order valence-electron chi connectivity index (χ3n) is 4.18. The highest BCUT2D eigenvalue weighted by atomic mass is 19.4. The van der Waals surface area contributed by atoms with E-state index in [0.717, 1.165) is 10.1 Å². The van der Waals surface area contributed by atoms with Gasteiger partial charge in [-0.15, -0.1) is 0 Å². The van der Waals surface area contributed by atoms with Crippen molar-refractivity contribution in [3.8, 4) is 0 Å². The first-order chi connectivity index (χ1) is 13.8. The molecule has 1 amide bonds. The largest absolute Gasteiger partial charge is 0.451 e. The SMILES string of the molecule is CC(OC(=O)Cn1c(C(F)(F)F)nc2ccccc21)C(=O)NCc1ccccc1. The molecule has 3 rings (SSSR count). The van der Waals surface area contributed by atoms with Crippen LogP contribution in [0.25, 0.3) is 11.0 Å². The van der Waals surface area contributed by atoms with E-state index in [9.17, 15) is 22.8 Å². The van der Waals surface area contributed by atoms with Crippen LogP contribution in [-0.4, -0.2) is 27.5 Å². The number of fused-ring (bicyclic) bond motifs is 1. The van der Waals surface area contributed by atoms with E-state index in [1.54, 1.807) is 12.1 Å². The average molecular weight is 405 g/mol. The van der Waals surface area contributed by atoms with Gasteiger partial charge in [0.2, 0.25) is 5.82 Å². The molecule has 1 aromatic heterocycles. The van der Waals surface area contributed by atoms with Crippen LogP contribution in [0, 0.1) is 0 Å². The van der Waals surface area contributed by atoms with E-state index in [0.29, 0.717) is 0 Å². The van der Waals surface area contributed by atoms with Gasteiger partial charge in [-0.05, 0) is 24.6 Å². The number of rotatable bonds is 6. The van der Waals surface area contributed by atoms with Gasteiger partial charge in [-0.1, -0.05) is 42.5 Å². The molecule has 9 heteroatoms. The molecule has 1 atom stereocenters. The van der Waals surface area contributed by atoms with E-state index >= 15 is 0 Å². The Morgan fingerprint density at radius 2 is 1.76 bits per heavy atom. The molecule has 0 radical (unpaired) electrons. The zero-order chi connectivity index (χ0) is 21.0. The van der Waals surface area contributed by atoms with Crippen LogP contribution >= 0.6 is 0 Å². The van der Waals surface area contributed by atoms with Crippen molar-refractivity contribution in [3.63, 3.8) is 0 Å². The lowest BCUT2D eigenvalue weighted by molar-refractivity contribution is -0.157. The second-order valence-electron chi connectivity index (χ2n) is 6.34. The Balaban J connectivity index is 1.66. The van der Waals surface area contributed by atoms with Crippen molar-refractivity contribution in [1.29, 1.82) is 0 Å². The molecule has 0 aliphatic heterocycles. The number of halogens is 3. The topological polar surface area (TPSA) is 73.2 Å². The van der Waals surface area contributed by atoms with Crippen LogP contribution in [0.1, 0.15) is 18.3 Å². The number of imidazole rings is 1. The summed E-state index contributed by atoms with van der Waals surface area (Å²) in [4.78, 5) is 27.9. The molecule has 6 nitrogen and oxygen atoms in total. The number of alkyl halides is 3. The Bertz CT molecular complexity index is 1020. The van der Waals surface area contributed by atoms with Crippen molar-refractivity contribution in [1.82, 2.24) is 14.9 Å². The van der Waals surface area contributed by atoms with Crippen LogP contribution in [0.4, 0.5) is 13.2 Å². The van der Waals surface area contributed by atoms with E-state index in [2.05, 4.69) is 10.3 Å². The number of para-hydroxylation sites is 2. The van der Waals surface area contributed by atoms with E-state index < -0.39 is 36.5 Å². The van der Waals surface area contributed by atoms with Gasteiger partial charge < -0.3 is 14.6 Å². The van der Waals surface area contributed by atoms with Crippen LogP contribution in [0.2, 0.25) is 0 Å². The summed E-state index contributed by atoms with van der Waals surface area (Å²) in [5, 5.41) is 2.61. The zero-order valence-electron chi connectivity index (χ0n) is 15.4. The fourth-order valence-electron chi connectivity index (χ4n) is 2.80. The van der Waals surface area contributed by atoms with Crippen LogP contribution < -0.4 is 5.32 Å². The van der Waals surface area contributed by atoms with Gasteiger partial charge in [0.05, 0.1) is 11.0 Å². The predicted octanol–water partition coefficient (Wildman–Crippen LogP) is 3.30. The van der Waals surface area contributed by atoms with Crippen LogP contribution in [0.3, 0.4) is 0 Å². The number of nitrogens with one attached hydrogen (secondary N) is 1. The molecule has 2 aromatic carbocycles. The molecule has 152 valence electrons. The minimum atomic E-state index is -4.74. The monoisotopic (exact) mass is 405 g/mol. The fraction of sp³-hybridized carbons (Fsp3) is 0.250. The second-order valence-corrected chi connectivity index (χ2v) is 6.34. The van der Waals surface area contributed by atoms with Crippen molar-refractivity contribution in [2.45, 2.75) is 32.3 Å². The third-order valence-corrected chi connectivity index (χ3v) is 4.18. The molecule has 1 unspecified atom stereocenters. The summed E-state index contributed by atoms with van der Waals surface area (Å²) in [6, 6.07) is 15.1. The van der Waals surface area contributed by atoms with E-state index in [1.165, 1.54) is 19.1 Å². The number of amides is 1. The van der Waals surface area contributed by atoms with Gasteiger partial charge in [-0.2, -0.15) is 13.2 Å². The number of esters is 1. The number of nitrogens with zero attached hydrogens (tertiary/aromatic N) is 2. The Kier molecular flexibility index (Phi) is 5.86. The molecule has 0 spiro atoms. The highest BCUT2D eigenvalue weighted by Crippen LogP contribution is 2.31. The molecular weight excluding hydrogens is 387 g/mol. The zero-order valence-corrected chi connectivity index (χ0v) is 15.4. The third kappa shape index (κ3) is 4.92. The number of aromatic nitrogens is 2. The average Bonchev–Trinajstić information content (AvgIpc) is 3.05. The lowest BCUT2D eigenvalue weighted by Gasteiger charge is -2.15. The summed E-state index contributed by atoms with van der Waals surface area (Å²) in [5.74, 6) is -2.72. The Labute approximate surface area is 164 Å². The van der Waals surface area contributed by atoms with Crippen molar-refractivity contribution < 1.29 is 27.5 Å². The van der Waals surface area contributed by atoms with Gasteiger partial charge >= 0.3 is 12.1 Å². The number of ether oxygens (including phenoxy) is 1. The molecule has 1 heterocycles. The summed E-state index contributed by atoms with van der Waals surface area (Å²) < 4.78 is 45.6. The van der Waals surface area contributed by atoms with Gasteiger partial charge in [-0.3, -0.25) is 9.59 Å². The fourth-order valence-corrected chi connectivity index (χ4v) is 2.80. The van der Waals surface area contributed by atoms with Crippen LogP contribution in [-0.2, 0) is 33.6 Å². The molecule has 0 aliphatic carbocycles. The molecule has 1 N–H and O–H groups in total. The Hall–Kier alpha value is -3.36. The normalized spacial score (nSPS) is 12.6. The summed E-state index contributed by atoms with van der Waals surface area (Å²) in [5.41, 5.74) is 1.12. The van der Waals surface area contributed by atoms with Crippen molar-refractivity contribution in [3.05, 3.63) is 66.0 Å². The number of carbonyl (C=O) groups excluding carboxylic acids is 2. The summed E-state index contributed by atoms with van der Waals surface area (Å²) in [6.07, 6.45) is -5.90. The Morgan fingerprint density at radius 1 is 1.10 bits per heavy atom. The van der Waals surface area contributed by atoms with E-state index in [4.69, 9.17) is 4.74 Å². The van der Waals surface area contributed by atoms with Gasteiger partial charge in [0.15, 0.2) is 6.10 Å². The molecule has 3 aromatic rings. The van der Waals surface area contributed by atoms with E-state index in [-0.39, 0.29) is 17.6 Å². The quantitative estimate of drug-likeness (QED) is 0.639. The maximum atomic E-state index is 13.3. The number of benzene rings is 2. The molecule has 0 bridgehead atoms.